The monoisotopic (exact) mass is 272 g/mol. The normalized spacial score (nSPS) is 15.7. The standard InChI is InChI=1S/C16H16O4/c1-16(17,12-5-3-2-4-6-12)10-18-13-7-8-14-15(9-13)20-11-19-14/h2-9,17H,10-11H2,1H3. The molecule has 0 bridgehead atoms. The summed E-state index contributed by atoms with van der Waals surface area (Å²) >= 11 is 0. The molecule has 0 amide bonds. The van der Waals surface area contributed by atoms with Crippen LogP contribution in [0.5, 0.6) is 17.2 Å². The van der Waals surface area contributed by atoms with E-state index >= 15 is 0 Å². The number of hydrogen-bond acceptors (Lipinski definition) is 4. The molecular weight excluding hydrogens is 256 g/mol. The lowest BCUT2D eigenvalue weighted by Crippen LogP contribution is -2.29. The summed E-state index contributed by atoms with van der Waals surface area (Å²) in [5.41, 5.74) is -0.224. The summed E-state index contributed by atoms with van der Waals surface area (Å²) in [6.07, 6.45) is 0. The highest BCUT2D eigenvalue weighted by Crippen LogP contribution is 2.35. The fourth-order valence-corrected chi connectivity index (χ4v) is 2.07. The molecule has 0 saturated heterocycles. The average Bonchev–Trinajstić information content (AvgIpc) is 2.94. The highest BCUT2D eigenvalue weighted by atomic mass is 16.7. The smallest absolute Gasteiger partial charge is 0.231 e. The van der Waals surface area contributed by atoms with Gasteiger partial charge in [0, 0.05) is 6.07 Å². The van der Waals surface area contributed by atoms with E-state index in [0.717, 1.165) is 5.56 Å². The van der Waals surface area contributed by atoms with E-state index in [-0.39, 0.29) is 13.4 Å². The van der Waals surface area contributed by atoms with Gasteiger partial charge in [0.1, 0.15) is 18.0 Å². The van der Waals surface area contributed by atoms with Crippen molar-refractivity contribution in [3.63, 3.8) is 0 Å². The Labute approximate surface area is 117 Å². The fraction of sp³-hybridized carbons (Fsp3) is 0.250. The minimum absolute atomic E-state index is 0.163. The van der Waals surface area contributed by atoms with Crippen LogP contribution in [-0.4, -0.2) is 18.5 Å². The van der Waals surface area contributed by atoms with Crippen molar-refractivity contribution < 1.29 is 19.3 Å². The van der Waals surface area contributed by atoms with Gasteiger partial charge >= 0.3 is 0 Å². The maximum absolute atomic E-state index is 10.5. The van der Waals surface area contributed by atoms with Gasteiger partial charge in [0.25, 0.3) is 0 Å². The molecule has 1 unspecified atom stereocenters. The van der Waals surface area contributed by atoms with Gasteiger partial charge < -0.3 is 19.3 Å². The van der Waals surface area contributed by atoms with E-state index < -0.39 is 5.60 Å². The SMILES string of the molecule is CC(O)(COc1ccc2c(c1)OCO2)c1ccccc1. The van der Waals surface area contributed by atoms with Gasteiger partial charge in [0.05, 0.1) is 0 Å². The number of benzene rings is 2. The first-order valence-corrected chi connectivity index (χ1v) is 6.45. The predicted octanol–water partition coefficient (Wildman–Crippen LogP) is 2.70. The first-order chi connectivity index (χ1) is 9.65. The summed E-state index contributed by atoms with van der Waals surface area (Å²) in [4.78, 5) is 0. The molecule has 1 atom stereocenters. The molecule has 0 fully saturated rings. The molecule has 0 radical (unpaired) electrons. The number of ether oxygens (including phenoxy) is 3. The van der Waals surface area contributed by atoms with E-state index in [2.05, 4.69) is 0 Å². The lowest BCUT2D eigenvalue weighted by molar-refractivity contribution is 0.00754. The molecule has 3 rings (SSSR count). The van der Waals surface area contributed by atoms with Gasteiger partial charge in [0.15, 0.2) is 11.5 Å². The molecule has 1 N–H and O–H groups in total. The molecule has 4 nitrogen and oxygen atoms in total. The van der Waals surface area contributed by atoms with Crippen molar-refractivity contribution in [3.8, 4) is 17.2 Å². The summed E-state index contributed by atoms with van der Waals surface area (Å²) in [5.74, 6) is 2.03. The van der Waals surface area contributed by atoms with Crippen molar-refractivity contribution in [3.05, 3.63) is 54.1 Å². The van der Waals surface area contributed by atoms with Crippen molar-refractivity contribution in [1.82, 2.24) is 0 Å². The highest BCUT2D eigenvalue weighted by molar-refractivity contribution is 5.46. The Morgan fingerprint density at radius 2 is 1.85 bits per heavy atom. The summed E-state index contributed by atoms with van der Waals surface area (Å²) in [6.45, 7) is 2.13. The van der Waals surface area contributed by atoms with E-state index in [0.29, 0.717) is 17.2 Å². The quantitative estimate of drug-likeness (QED) is 0.929. The molecule has 20 heavy (non-hydrogen) atoms. The fourth-order valence-electron chi connectivity index (χ4n) is 2.07. The van der Waals surface area contributed by atoms with Crippen LogP contribution in [0.25, 0.3) is 0 Å². The van der Waals surface area contributed by atoms with E-state index in [1.54, 1.807) is 25.1 Å². The molecule has 1 heterocycles. The van der Waals surface area contributed by atoms with Gasteiger partial charge in [0.2, 0.25) is 6.79 Å². The zero-order valence-corrected chi connectivity index (χ0v) is 11.2. The Morgan fingerprint density at radius 1 is 1.10 bits per heavy atom. The summed E-state index contributed by atoms with van der Waals surface area (Å²) in [6, 6.07) is 14.8. The second-order valence-electron chi connectivity index (χ2n) is 4.94. The Kier molecular flexibility index (Phi) is 3.24. The van der Waals surface area contributed by atoms with Crippen molar-refractivity contribution >= 4 is 0 Å². The van der Waals surface area contributed by atoms with Crippen molar-refractivity contribution in [2.75, 3.05) is 13.4 Å². The Hall–Kier alpha value is -2.20. The number of fused-ring (bicyclic) bond motifs is 1. The Bertz CT molecular complexity index is 593. The second-order valence-corrected chi connectivity index (χ2v) is 4.94. The van der Waals surface area contributed by atoms with Crippen LogP contribution in [0.1, 0.15) is 12.5 Å². The zero-order valence-electron chi connectivity index (χ0n) is 11.2. The molecular formula is C16H16O4. The van der Waals surface area contributed by atoms with Gasteiger partial charge in [-0.25, -0.2) is 0 Å². The predicted molar refractivity (Wildman–Crippen MR) is 74.1 cm³/mol. The van der Waals surface area contributed by atoms with Crippen molar-refractivity contribution in [2.45, 2.75) is 12.5 Å². The van der Waals surface area contributed by atoms with Gasteiger partial charge in [-0.2, -0.15) is 0 Å². The van der Waals surface area contributed by atoms with Gasteiger partial charge in [-0.3, -0.25) is 0 Å². The first-order valence-electron chi connectivity index (χ1n) is 6.45. The molecule has 2 aromatic rings. The highest BCUT2D eigenvalue weighted by Gasteiger charge is 2.24. The minimum atomic E-state index is -1.04. The van der Waals surface area contributed by atoms with Gasteiger partial charge in [-0.15, -0.1) is 0 Å². The third-order valence-electron chi connectivity index (χ3n) is 3.26. The molecule has 0 aliphatic carbocycles. The van der Waals surface area contributed by atoms with Crippen LogP contribution >= 0.6 is 0 Å². The maximum atomic E-state index is 10.5. The van der Waals surface area contributed by atoms with Crippen molar-refractivity contribution in [1.29, 1.82) is 0 Å². The second kappa shape index (κ2) is 5.06. The third-order valence-corrected chi connectivity index (χ3v) is 3.26. The largest absolute Gasteiger partial charge is 0.490 e. The molecule has 0 spiro atoms. The maximum Gasteiger partial charge on any atom is 0.231 e. The Morgan fingerprint density at radius 3 is 2.65 bits per heavy atom. The number of hydrogen-bond donors (Lipinski definition) is 1. The number of rotatable bonds is 4. The zero-order chi connectivity index (χ0) is 14.0. The van der Waals surface area contributed by atoms with Gasteiger partial charge in [-0.05, 0) is 24.6 Å². The molecule has 0 aromatic heterocycles. The van der Waals surface area contributed by atoms with Crippen LogP contribution in [0.2, 0.25) is 0 Å². The lowest BCUT2D eigenvalue weighted by atomic mass is 9.97. The van der Waals surface area contributed by atoms with Crippen LogP contribution in [0.4, 0.5) is 0 Å². The van der Waals surface area contributed by atoms with E-state index in [9.17, 15) is 5.11 Å². The molecule has 1 aliphatic heterocycles. The minimum Gasteiger partial charge on any atom is -0.490 e. The van der Waals surface area contributed by atoms with Gasteiger partial charge in [-0.1, -0.05) is 30.3 Å². The van der Waals surface area contributed by atoms with Crippen LogP contribution in [0.15, 0.2) is 48.5 Å². The lowest BCUT2D eigenvalue weighted by Gasteiger charge is -2.24. The Balaban J connectivity index is 1.70. The van der Waals surface area contributed by atoms with E-state index in [1.807, 2.05) is 30.3 Å². The summed E-state index contributed by atoms with van der Waals surface area (Å²) in [5, 5.41) is 10.5. The molecule has 0 saturated carbocycles. The summed E-state index contributed by atoms with van der Waals surface area (Å²) < 4.78 is 16.2. The molecule has 4 heteroatoms. The van der Waals surface area contributed by atoms with Crippen LogP contribution in [-0.2, 0) is 5.60 Å². The van der Waals surface area contributed by atoms with Crippen molar-refractivity contribution in [2.24, 2.45) is 0 Å². The summed E-state index contributed by atoms with van der Waals surface area (Å²) in [7, 11) is 0. The topological polar surface area (TPSA) is 47.9 Å². The van der Waals surface area contributed by atoms with Crippen LogP contribution < -0.4 is 14.2 Å². The third kappa shape index (κ3) is 2.56. The van der Waals surface area contributed by atoms with E-state index in [1.165, 1.54) is 0 Å². The first kappa shape index (κ1) is 12.8. The van der Waals surface area contributed by atoms with Crippen LogP contribution in [0.3, 0.4) is 0 Å². The molecule has 104 valence electrons. The molecule has 1 aliphatic rings. The van der Waals surface area contributed by atoms with E-state index in [4.69, 9.17) is 14.2 Å². The molecule has 2 aromatic carbocycles. The average molecular weight is 272 g/mol. The number of aliphatic hydroxyl groups is 1. The van der Waals surface area contributed by atoms with Crippen LogP contribution in [0, 0.1) is 0 Å².